The zero-order chi connectivity index (χ0) is 13.1. The summed E-state index contributed by atoms with van der Waals surface area (Å²) in [6.07, 6.45) is 3.45. The highest BCUT2D eigenvalue weighted by atomic mass is 32.1. The number of anilines is 1. The van der Waals surface area contributed by atoms with Crippen molar-refractivity contribution in [1.82, 2.24) is 9.78 Å². The fourth-order valence-corrected chi connectivity index (χ4v) is 1.81. The molecule has 1 N–H and O–H groups in total. The summed E-state index contributed by atoms with van der Waals surface area (Å²) in [5.74, 6) is -0.177. The summed E-state index contributed by atoms with van der Waals surface area (Å²) in [6, 6.07) is 7.45. The lowest BCUT2D eigenvalue weighted by Crippen LogP contribution is -2.12. The van der Waals surface area contributed by atoms with Gasteiger partial charge in [-0.1, -0.05) is 12.1 Å². The molecule has 2 rings (SSSR count). The van der Waals surface area contributed by atoms with Gasteiger partial charge in [-0.25, -0.2) is 0 Å². The van der Waals surface area contributed by atoms with Gasteiger partial charge in [-0.2, -0.15) is 5.10 Å². The van der Waals surface area contributed by atoms with Gasteiger partial charge in [-0.15, -0.1) is 12.6 Å². The van der Waals surface area contributed by atoms with E-state index in [0.717, 1.165) is 0 Å². The van der Waals surface area contributed by atoms with Crippen LogP contribution >= 0.6 is 12.6 Å². The van der Waals surface area contributed by atoms with Crippen LogP contribution in [0.25, 0.3) is 0 Å². The van der Waals surface area contributed by atoms with Gasteiger partial charge in [0.05, 0.1) is 17.4 Å². The minimum atomic E-state index is -0.177. The first-order chi connectivity index (χ1) is 8.58. The van der Waals surface area contributed by atoms with Crippen molar-refractivity contribution in [2.45, 2.75) is 24.8 Å². The number of nitrogens with zero attached hydrogens (tertiary/aromatic N) is 2. The smallest absolute Gasteiger partial charge is 0.256 e. The van der Waals surface area contributed by atoms with Gasteiger partial charge >= 0.3 is 0 Å². The number of carbonyl (C=O) groups excluding carboxylic acids is 1. The Bertz CT molecular complexity index is 563. The van der Waals surface area contributed by atoms with E-state index in [1.54, 1.807) is 23.0 Å². The molecule has 0 saturated carbocycles. The van der Waals surface area contributed by atoms with E-state index in [0.29, 0.717) is 16.1 Å². The average molecular weight is 261 g/mol. The number of benzene rings is 1. The second-order valence-corrected chi connectivity index (χ2v) is 4.76. The highest BCUT2D eigenvalue weighted by Crippen LogP contribution is 2.16. The standard InChI is InChI=1S/C13H15N3OS/c1-9(2)16-8-10(7-14-16)15-13(17)11-5-3-4-6-12(11)18/h3-9,18H,1-2H3,(H,15,17). The van der Waals surface area contributed by atoms with E-state index in [9.17, 15) is 4.79 Å². The van der Waals surface area contributed by atoms with Gasteiger partial charge < -0.3 is 5.32 Å². The molecule has 0 aliphatic carbocycles. The Hall–Kier alpha value is -1.75. The van der Waals surface area contributed by atoms with Gasteiger partial charge in [0.1, 0.15) is 0 Å². The molecule has 2 aromatic rings. The molecule has 0 aliphatic heterocycles. The van der Waals surface area contributed by atoms with E-state index in [1.165, 1.54) is 0 Å². The van der Waals surface area contributed by atoms with E-state index in [4.69, 9.17) is 0 Å². The summed E-state index contributed by atoms with van der Waals surface area (Å²) in [4.78, 5) is 12.7. The van der Waals surface area contributed by atoms with Crippen molar-refractivity contribution in [3.63, 3.8) is 0 Å². The van der Waals surface area contributed by atoms with Crippen LogP contribution < -0.4 is 5.32 Å². The number of aromatic nitrogens is 2. The molecule has 1 aromatic heterocycles. The van der Waals surface area contributed by atoms with Gasteiger partial charge in [0, 0.05) is 17.1 Å². The van der Waals surface area contributed by atoms with Crippen molar-refractivity contribution in [2.75, 3.05) is 5.32 Å². The van der Waals surface area contributed by atoms with Gasteiger partial charge in [-0.3, -0.25) is 9.48 Å². The molecule has 18 heavy (non-hydrogen) atoms. The van der Waals surface area contributed by atoms with E-state index in [2.05, 4.69) is 23.0 Å². The summed E-state index contributed by atoms with van der Waals surface area (Å²) < 4.78 is 1.79. The van der Waals surface area contributed by atoms with Crippen molar-refractivity contribution in [1.29, 1.82) is 0 Å². The van der Waals surface area contributed by atoms with Gasteiger partial charge in [0.15, 0.2) is 0 Å². The topological polar surface area (TPSA) is 46.9 Å². The van der Waals surface area contributed by atoms with Crippen LogP contribution in [-0.2, 0) is 0 Å². The highest BCUT2D eigenvalue weighted by molar-refractivity contribution is 7.80. The monoisotopic (exact) mass is 261 g/mol. The lowest BCUT2D eigenvalue weighted by Gasteiger charge is -2.05. The zero-order valence-electron chi connectivity index (χ0n) is 10.3. The molecular weight excluding hydrogens is 246 g/mol. The Morgan fingerprint density at radius 3 is 2.72 bits per heavy atom. The Kier molecular flexibility index (Phi) is 3.72. The molecule has 0 saturated heterocycles. The fourth-order valence-electron chi connectivity index (χ4n) is 1.55. The average Bonchev–Trinajstić information content (AvgIpc) is 2.78. The normalized spacial score (nSPS) is 10.7. The fraction of sp³-hybridized carbons (Fsp3) is 0.231. The Morgan fingerprint density at radius 1 is 1.39 bits per heavy atom. The molecule has 0 bridgehead atoms. The molecule has 0 unspecified atom stereocenters. The third kappa shape index (κ3) is 2.73. The Labute approximate surface area is 111 Å². The minimum absolute atomic E-state index is 0.177. The first-order valence-electron chi connectivity index (χ1n) is 5.71. The van der Waals surface area contributed by atoms with E-state index >= 15 is 0 Å². The predicted molar refractivity (Wildman–Crippen MR) is 74.3 cm³/mol. The number of carbonyl (C=O) groups is 1. The molecule has 1 heterocycles. The Balaban J connectivity index is 2.14. The lowest BCUT2D eigenvalue weighted by atomic mass is 10.2. The van der Waals surface area contributed by atoms with Crippen LogP contribution in [0.1, 0.15) is 30.2 Å². The maximum atomic E-state index is 12.0. The SMILES string of the molecule is CC(C)n1cc(NC(=O)c2ccccc2S)cn1. The number of nitrogens with one attached hydrogen (secondary N) is 1. The number of thiol groups is 1. The zero-order valence-corrected chi connectivity index (χ0v) is 11.2. The second-order valence-electron chi connectivity index (χ2n) is 4.27. The Morgan fingerprint density at radius 2 is 2.11 bits per heavy atom. The van der Waals surface area contributed by atoms with E-state index in [1.807, 2.05) is 32.2 Å². The molecule has 1 aromatic carbocycles. The highest BCUT2D eigenvalue weighted by Gasteiger charge is 2.10. The molecule has 0 spiro atoms. The minimum Gasteiger partial charge on any atom is -0.319 e. The van der Waals surface area contributed by atoms with Crippen LogP contribution in [0.3, 0.4) is 0 Å². The third-order valence-electron chi connectivity index (χ3n) is 2.54. The molecule has 0 radical (unpaired) electrons. The molecule has 0 fully saturated rings. The lowest BCUT2D eigenvalue weighted by molar-refractivity contribution is 0.102. The number of hydrogen-bond acceptors (Lipinski definition) is 3. The maximum absolute atomic E-state index is 12.0. The third-order valence-corrected chi connectivity index (χ3v) is 2.93. The summed E-state index contributed by atoms with van der Waals surface area (Å²) in [6.45, 7) is 4.06. The molecule has 4 nitrogen and oxygen atoms in total. The second kappa shape index (κ2) is 5.27. The quantitative estimate of drug-likeness (QED) is 0.834. The summed E-state index contributed by atoms with van der Waals surface area (Å²) in [7, 11) is 0. The van der Waals surface area contributed by atoms with Crippen LogP contribution in [0.2, 0.25) is 0 Å². The van der Waals surface area contributed by atoms with Crippen molar-refractivity contribution < 1.29 is 4.79 Å². The van der Waals surface area contributed by atoms with Crippen LogP contribution in [0.4, 0.5) is 5.69 Å². The molecule has 0 aliphatic rings. The molecule has 0 atom stereocenters. The van der Waals surface area contributed by atoms with Gasteiger partial charge in [0.25, 0.3) is 5.91 Å². The molecule has 5 heteroatoms. The summed E-state index contributed by atoms with van der Waals surface area (Å²) >= 11 is 4.26. The van der Waals surface area contributed by atoms with Crippen molar-refractivity contribution in [3.8, 4) is 0 Å². The number of amides is 1. The first-order valence-corrected chi connectivity index (χ1v) is 6.16. The predicted octanol–water partition coefficient (Wildman–Crippen LogP) is 3.01. The summed E-state index contributed by atoms with van der Waals surface area (Å²) in [5.41, 5.74) is 1.24. The van der Waals surface area contributed by atoms with Crippen LogP contribution in [0.15, 0.2) is 41.6 Å². The van der Waals surface area contributed by atoms with Gasteiger partial charge in [-0.05, 0) is 26.0 Å². The molecule has 94 valence electrons. The number of hydrogen-bond donors (Lipinski definition) is 2. The van der Waals surface area contributed by atoms with Crippen molar-refractivity contribution in [2.24, 2.45) is 0 Å². The van der Waals surface area contributed by atoms with Crippen LogP contribution in [0.5, 0.6) is 0 Å². The van der Waals surface area contributed by atoms with Crippen molar-refractivity contribution >= 4 is 24.2 Å². The molecular formula is C13H15N3OS. The van der Waals surface area contributed by atoms with Gasteiger partial charge in [0.2, 0.25) is 0 Å². The largest absolute Gasteiger partial charge is 0.319 e. The van der Waals surface area contributed by atoms with Crippen LogP contribution in [-0.4, -0.2) is 15.7 Å². The van der Waals surface area contributed by atoms with E-state index in [-0.39, 0.29) is 11.9 Å². The van der Waals surface area contributed by atoms with Crippen molar-refractivity contribution in [3.05, 3.63) is 42.2 Å². The number of rotatable bonds is 3. The van der Waals surface area contributed by atoms with Crippen LogP contribution in [0, 0.1) is 0 Å². The summed E-state index contributed by atoms with van der Waals surface area (Å²) in [5, 5.41) is 6.97. The van der Waals surface area contributed by atoms with E-state index < -0.39 is 0 Å². The molecule has 1 amide bonds. The first kappa shape index (κ1) is 12.7. The maximum Gasteiger partial charge on any atom is 0.256 e.